The van der Waals surface area contributed by atoms with Gasteiger partial charge in [-0.1, -0.05) is 19.1 Å². The van der Waals surface area contributed by atoms with E-state index in [1.807, 2.05) is 19.1 Å². The first-order valence-corrected chi connectivity index (χ1v) is 6.57. The molecular formula is C13H21NO5. The van der Waals surface area contributed by atoms with E-state index in [9.17, 15) is 14.9 Å². The van der Waals surface area contributed by atoms with E-state index in [2.05, 4.69) is 0 Å². The van der Waals surface area contributed by atoms with Crippen LogP contribution in [0.3, 0.4) is 0 Å². The van der Waals surface area contributed by atoms with Crippen molar-refractivity contribution in [3.63, 3.8) is 0 Å². The number of carbonyl (C=O) groups is 1. The van der Waals surface area contributed by atoms with Gasteiger partial charge in [0.05, 0.1) is 19.6 Å². The van der Waals surface area contributed by atoms with Gasteiger partial charge in [0.2, 0.25) is 5.78 Å². The summed E-state index contributed by atoms with van der Waals surface area (Å²) in [6.07, 6.45) is 5.40. The molecule has 0 aliphatic carbocycles. The van der Waals surface area contributed by atoms with Gasteiger partial charge in [-0.15, -0.1) is 0 Å². The van der Waals surface area contributed by atoms with Gasteiger partial charge in [0, 0.05) is 11.3 Å². The number of carbonyl (C=O) groups excluding carboxylic acids is 1. The first-order valence-electron chi connectivity index (χ1n) is 6.57. The van der Waals surface area contributed by atoms with Gasteiger partial charge in [-0.05, 0) is 19.8 Å². The van der Waals surface area contributed by atoms with Crippen LogP contribution >= 0.6 is 0 Å². The van der Waals surface area contributed by atoms with Gasteiger partial charge in [-0.2, -0.15) is 0 Å². The molecule has 0 radical (unpaired) electrons. The highest BCUT2D eigenvalue weighted by molar-refractivity contribution is 5.83. The van der Waals surface area contributed by atoms with Crippen molar-refractivity contribution in [2.24, 2.45) is 0 Å². The third-order valence-corrected chi connectivity index (χ3v) is 3.05. The van der Waals surface area contributed by atoms with Crippen molar-refractivity contribution in [2.75, 3.05) is 13.2 Å². The van der Waals surface area contributed by atoms with Crippen molar-refractivity contribution in [1.29, 1.82) is 0 Å². The molecule has 1 atom stereocenters. The van der Waals surface area contributed by atoms with E-state index in [-0.39, 0.29) is 18.6 Å². The molecule has 1 unspecified atom stereocenters. The van der Waals surface area contributed by atoms with Crippen molar-refractivity contribution in [3.05, 3.63) is 22.3 Å². The summed E-state index contributed by atoms with van der Waals surface area (Å²) in [6, 6.07) is -1.25. The van der Waals surface area contributed by atoms with Crippen molar-refractivity contribution >= 4 is 5.78 Å². The highest BCUT2D eigenvalue weighted by Crippen LogP contribution is 2.26. The molecule has 0 amide bonds. The molecule has 1 rings (SSSR count). The standard InChI is InChI=1S/C13H21NO5/c1-3-4-5-6-7-12(15)11(14(16)17)10-13(2)18-8-9-19-13/h4-5,11H,3,6-10H2,1-2H3. The van der Waals surface area contributed by atoms with Gasteiger partial charge >= 0.3 is 0 Å². The third kappa shape index (κ3) is 5.08. The first kappa shape index (κ1) is 15.8. The predicted octanol–water partition coefficient (Wildman–Crippen LogP) is 2.10. The summed E-state index contributed by atoms with van der Waals surface area (Å²) >= 11 is 0. The molecule has 0 N–H and O–H groups in total. The average Bonchev–Trinajstić information content (AvgIpc) is 2.78. The molecule has 19 heavy (non-hydrogen) atoms. The van der Waals surface area contributed by atoms with Crippen LogP contribution in [0.25, 0.3) is 0 Å². The molecule has 1 saturated heterocycles. The Hall–Kier alpha value is -1.27. The second-order valence-corrected chi connectivity index (χ2v) is 4.72. The second kappa shape index (κ2) is 7.35. The molecule has 1 fully saturated rings. The summed E-state index contributed by atoms with van der Waals surface area (Å²) in [5.74, 6) is -1.38. The number of allylic oxidation sites excluding steroid dienone is 2. The van der Waals surface area contributed by atoms with Gasteiger partial charge in [0.25, 0.3) is 6.04 Å². The molecule has 1 heterocycles. The molecule has 1 aliphatic rings. The van der Waals surface area contributed by atoms with E-state index in [0.717, 1.165) is 6.42 Å². The number of Topliss-reactive ketones (excluding diaryl/α,β-unsaturated/α-hetero) is 1. The molecule has 0 saturated carbocycles. The summed E-state index contributed by atoms with van der Waals surface area (Å²) in [7, 11) is 0. The zero-order valence-corrected chi connectivity index (χ0v) is 11.5. The maximum atomic E-state index is 11.9. The summed E-state index contributed by atoms with van der Waals surface area (Å²) in [6.45, 7) is 4.46. The van der Waals surface area contributed by atoms with E-state index in [4.69, 9.17) is 9.47 Å². The van der Waals surface area contributed by atoms with Gasteiger partial charge < -0.3 is 9.47 Å². The fraction of sp³-hybridized carbons (Fsp3) is 0.769. The smallest absolute Gasteiger partial charge is 0.275 e. The Morgan fingerprint density at radius 1 is 1.42 bits per heavy atom. The minimum Gasteiger partial charge on any atom is -0.348 e. The van der Waals surface area contributed by atoms with Crippen LogP contribution in [0.4, 0.5) is 0 Å². The van der Waals surface area contributed by atoms with Gasteiger partial charge in [-0.25, -0.2) is 0 Å². The van der Waals surface area contributed by atoms with Crippen molar-refractivity contribution in [1.82, 2.24) is 0 Å². The maximum Gasteiger partial charge on any atom is 0.275 e. The Morgan fingerprint density at radius 2 is 2.05 bits per heavy atom. The molecule has 1 aliphatic heterocycles. The molecule has 0 aromatic heterocycles. The number of nitrogens with zero attached hydrogens (tertiary/aromatic N) is 1. The van der Waals surface area contributed by atoms with Crippen LogP contribution in [0.2, 0.25) is 0 Å². The largest absolute Gasteiger partial charge is 0.348 e. The molecule has 0 bridgehead atoms. The minimum atomic E-state index is -1.25. The number of hydrogen-bond donors (Lipinski definition) is 0. The van der Waals surface area contributed by atoms with Crippen LogP contribution in [0.15, 0.2) is 12.2 Å². The maximum absolute atomic E-state index is 11.9. The predicted molar refractivity (Wildman–Crippen MR) is 69.4 cm³/mol. The molecule has 6 nitrogen and oxygen atoms in total. The monoisotopic (exact) mass is 271 g/mol. The van der Waals surface area contributed by atoms with Crippen LogP contribution in [-0.2, 0) is 14.3 Å². The van der Waals surface area contributed by atoms with Crippen molar-refractivity contribution in [3.8, 4) is 0 Å². The lowest BCUT2D eigenvalue weighted by Crippen LogP contribution is -2.39. The zero-order chi connectivity index (χ0) is 14.3. The Balaban J connectivity index is 2.54. The van der Waals surface area contributed by atoms with Crippen LogP contribution in [0.5, 0.6) is 0 Å². The SMILES string of the molecule is CCC=CCCC(=O)C(CC1(C)OCCO1)[N+](=O)[O-]. The number of nitro groups is 1. The summed E-state index contributed by atoms with van der Waals surface area (Å²) in [4.78, 5) is 22.4. The molecule has 0 aromatic rings. The zero-order valence-electron chi connectivity index (χ0n) is 11.5. The number of ketones is 1. The Bertz CT molecular complexity index is 347. The fourth-order valence-electron chi connectivity index (χ4n) is 2.01. The third-order valence-electron chi connectivity index (χ3n) is 3.05. The lowest BCUT2D eigenvalue weighted by Gasteiger charge is -2.23. The topological polar surface area (TPSA) is 78.7 Å². The van der Waals surface area contributed by atoms with Crippen molar-refractivity contribution < 1.29 is 19.2 Å². The average molecular weight is 271 g/mol. The Labute approximate surface area is 112 Å². The lowest BCUT2D eigenvalue weighted by molar-refractivity contribution is -0.514. The number of ether oxygens (including phenoxy) is 2. The van der Waals surface area contributed by atoms with Crippen LogP contribution < -0.4 is 0 Å². The van der Waals surface area contributed by atoms with Crippen molar-refractivity contribution in [2.45, 2.75) is 51.4 Å². The first-order chi connectivity index (χ1) is 8.98. The molecule has 0 spiro atoms. The summed E-state index contributed by atoms with van der Waals surface area (Å²) < 4.78 is 10.6. The lowest BCUT2D eigenvalue weighted by atomic mass is 10.0. The second-order valence-electron chi connectivity index (χ2n) is 4.72. The highest BCUT2D eigenvalue weighted by atomic mass is 16.7. The summed E-state index contributed by atoms with van der Waals surface area (Å²) in [5, 5.41) is 11.0. The van der Waals surface area contributed by atoms with E-state index < -0.39 is 16.8 Å². The molecule has 108 valence electrons. The Morgan fingerprint density at radius 3 is 2.58 bits per heavy atom. The van der Waals surface area contributed by atoms with Crippen LogP contribution in [0.1, 0.15) is 39.5 Å². The number of rotatable bonds is 8. The van der Waals surface area contributed by atoms with E-state index in [1.54, 1.807) is 6.92 Å². The van der Waals surface area contributed by atoms with Crippen LogP contribution in [-0.4, -0.2) is 35.7 Å². The fourth-order valence-corrected chi connectivity index (χ4v) is 2.01. The Kier molecular flexibility index (Phi) is 6.11. The highest BCUT2D eigenvalue weighted by Gasteiger charge is 2.41. The van der Waals surface area contributed by atoms with E-state index in [1.165, 1.54) is 0 Å². The minimum absolute atomic E-state index is 0.0314. The van der Waals surface area contributed by atoms with Gasteiger partial charge in [-0.3, -0.25) is 14.9 Å². The molecule has 6 heteroatoms. The van der Waals surface area contributed by atoms with Gasteiger partial charge in [0.15, 0.2) is 5.79 Å². The van der Waals surface area contributed by atoms with E-state index in [0.29, 0.717) is 19.6 Å². The van der Waals surface area contributed by atoms with Crippen LogP contribution in [0, 0.1) is 10.1 Å². The van der Waals surface area contributed by atoms with E-state index >= 15 is 0 Å². The van der Waals surface area contributed by atoms with Gasteiger partial charge in [0.1, 0.15) is 0 Å². The quantitative estimate of drug-likeness (QED) is 0.384. The molecule has 0 aromatic carbocycles. The summed E-state index contributed by atoms with van der Waals surface area (Å²) in [5.41, 5.74) is 0. The normalized spacial score (nSPS) is 19.7. The number of hydrogen-bond acceptors (Lipinski definition) is 5. The molecular weight excluding hydrogens is 250 g/mol.